The molecule has 0 aliphatic carbocycles. The number of carbonyl (C=O) groups is 1. The van der Waals surface area contributed by atoms with Crippen molar-refractivity contribution in [3.63, 3.8) is 0 Å². The summed E-state index contributed by atoms with van der Waals surface area (Å²) in [6, 6.07) is 0.203. The van der Waals surface area contributed by atoms with Crippen LogP contribution >= 0.6 is 11.8 Å². The average molecular weight is 176 g/mol. The van der Waals surface area contributed by atoms with E-state index in [0.717, 1.165) is 19.3 Å². The minimum Gasteiger partial charge on any atom is -0.273 e. The Bertz CT molecular complexity index is 160. The summed E-state index contributed by atoms with van der Waals surface area (Å²) < 4.78 is 1.36. The number of nitrogens with zero attached hydrogens (tertiary/aromatic N) is 1. The lowest BCUT2D eigenvalue weighted by Crippen LogP contribution is -2.31. The summed E-state index contributed by atoms with van der Waals surface area (Å²) in [7, 11) is 0. The van der Waals surface area contributed by atoms with Gasteiger partial charge in [-0.3, -0.25) is 9.21 Å². The molecule has 3 heteroatoms. The van der Waals surface area contributed by atoms with Gasteiger partial charge in [0.05, 0.1) is 0 Å². The van der Waals surface area contributed by atoms with Crippen LogP contribution in [0.1, 0.15) is 33.1 Å². The molecule has 0 N–H and O–H groups in total. The Labute approximate surface area is 72.6 Å². The van der Waals surface area contributed by atoms with Crippen molar-refractivity contribution in [3.8, 4) is 0 Å². The van der Waals surface area contributed by atoms with Gasteiger partial charge in [0.25, 0.3) is 0 Å². The first kappa shape index (κ1) is 8.85. The molecule has 0 spiro atoms. The van der Waals surface area contributed by atoms with Gasteiger partial charge in [-0.05, 0) is 19.8 Å². The number of hydrogen-bond donors (Lipinski definition) is 0. The van der Waals surface area contributed by atoms with Crippen molar-refractivity contribution in [3.05, 3.63) is 0 Å². The van der Waals surface area contributed by atoms with Gasteiger partial charge in [0.1, 0.15) is 0 Å². The van der Waals surface area contributed by atoms with Crippen LogP contribution in [0.3, 0.4) is 0 Å². The lowest BCUT2D eigenvalue weighted by molar-refractivity contribution is -0.130. The molecule has 0 aromatic carbocycles. The van der Waals surface area contributed by atoms with E-state index in [-0.39, 0.29) is 17.9 Å². The fourth-order valence-electron chi connectivity index (χ4n) is 1.38. The van der Waals surface area contributed by atoms with Crippen LogP contribution < -0.4 is 0 Å². The second-order valence-electron chi connectivity index (χ2n) is 3.33. The van der Waals surface area contributed by atoms with E-state index in [4.69, 9.17) is 11.8 Å². The van der Waals surface area contributed by atoms with Crippen molar-refractivity contribution in [2.24, 2.45) is 5.92 Å². The largest absolute Gasteiger partial charge is 0.273 e. The molecule has 0 aromatic heterocycles. The predicted molar refractivity (Wildman–Crippen MR) is 45.2 cm³/mol. The maximum atomic E-state index is 11.3. The molecule has 11 heavy (non-hydrogen) atoms. The summed E-state index contributed by atoms with van der Waals surface area (Å²) in [5, 5.41) is 0. The maximum Gasteiger partial charge on any atom is 0.239 e. The molecule has 2 atom stereocenters. The van der Waals surface area contributed by atoms with E-state index >= 15 is 0 Å². The Balaban J connectivity index is 2.66. The molecule has 64 valence electrons. The minimum absolute atomic E-state index is 0.0802. The molecule has 1 heterocycles. The standard InChI is InChI=1S/C8H14ClNO/c1-6-4-3-5-7(2)10(9)8(6)11/h6-7H,3-5H2,1-2H3/t6-,7-/m1/s1. The van der Waals surface area contributed by atoms with Crippen LogP contribution in [0.2, 0.25) is 0 Å². The molecule has 2 nitrogen and oxygen atoms in total. The van der Waals surface area contributed by atoms with Gasteiger partial charge in [0.2, 0.25) is 5.91 Å². The van der Waals surface area contributed by atoms with Crippen LogP contribution in [0.4, 0.5) is 0 Å². The Kier molecular flexibility index (Phi) is 2.77. The molecule has 0 unspecified atom stereocenters. The third-order valence-corrected chi connectivity index (χ3v) is 2.78. The highest BCUT2D eigenvalue weighted by molar-refractivity contribution is 6.21. The molecule has 1 aliphatic heterocycles. The maximum absolute atomic E-state index is 11.3. The summed E-state index contributed by atoms with van der Waals surface area (Å²) in [5.74, 6) is 0.189. The average Bonchev–Trinajstić information content (AvgIpc) is 2.07. The third kappa shape index (κ3) is 1.86. The van der Waals surface area contributed by atoms with Gasteiger partial charge in [0, 0.05) is 23.7 Å². The number of rotatable bonds is 0. The van der Waals surface area contributed by atoms with E-state index in [1.54, 1.807) is 0 Å². The van der Waals surface area contributed by atoms with Gasteiger partial charge in [-0.2, -0.15) is 0 Å². The predicted octanol–water partition coefficient (Wildman–Crippen LogP) is 2.18. The zero-order chi connectivity index (χ0) is 8.43. The van der Waals surface area contributed by atoms with Crippen LogP contribution in [0.15, 0.2) is 0 Å². The first-order chi connectivity index (χ1) is 5.13. The van der Waals surface area contributed by atoms with E-state index in [1.807, 2.05) is 13.8 Å². The molecule has 1 aliphatic rings. The molecule has 1 saturated heterocycles. The second kappa shape index (κ2) is 3.44. The van der Waals surface area contributed by atoms with Crippen molar-refractivity contribution in [2.75, 3.05) is 0 Å². The fraction of sp³-hybridized carbons (Fsp3) is 0.875. The van der Waals surface area contributed by atoms with Crippen molar-refractivity contribution in [1.82, 2.24) is 4.42 Å². The van der Waals surface area contributed by atoms with Gasteiger partial charge in [0.15, 0.2) is 0 Å². The Morgan fingerprint density at radius 1 is 1.45 bits per heavy atom. The monoisotopic (exact) mass is 175 g/mol. The van der Waals surface area contributed by atoms with Crippen molar-refractivity contribution in [1.29, 1.82) is 0 Å². The number of amides is 1. The number of hydrogen-bond acceptors (Lipinski definition) is 1. The highest BCUT2D eigenvalue weighted by Crippen LogP contribution is 2.22. The molecule has 0 radical (unpaired) electrons. The number of halogens is 1. The topological polar surface area (TPSA) is 20.3 Å². The van der Waals surface area contributed by atoms with E-state index in [2.05, 4.69) is 0 Å². The van der Waals surface area contributed by atoms with Crippen LogP contribution in [0.25, 0.3) is 0 Å². The summed E-state index contributed by atoms with van der Waals surface area (Å²) in [5.41, 5.74) is 0. The molecule has 1 rings (SSSR count). The lowest BCUT2D eigenvalue weighted by Gasteiger charge is -2.19. The lowest BCUT2D eigenvalue weighted by atomic mass is 10.1. The van der Waals surface area contributed by atoms with Crippen molar-refractivity contribution in [2.45, 2.75) is 39.2 Å². The van der Waals surface area contributed by atoms with Crippen molar-refractivity contribution < 1.29 is 4.79 Å². The molecule has 0 saturated carbocycles. The van der Waals surface area contributed by atoms with E-state index in [0.29, 0.717) is 0 Å². The molecular weight excluding hydrogens is 162 g/mol. The number of carbonyl (C=O) groups excluding carboxylic acids is 1. The summed E-state index contributed by atoms with van der Waals surface area (Å²) >= 11 is 5.80. The second-order valence-corrected chi connectivity index (χ2v) is 3.69. The van der Waals surface area contributed by atoms with E-state index < -0.39 is 0 Å². The summed E-state index contributed by atoms with van der Waals surface area (Å²) in [6.07, 6.45) is 3.11. The van der Waals surface area contributed by atoms with Crippen LogP contribution in [-0.4, -0.2) is 16.4 Å². The molecule has 0 bridgehead atoms. The zero-order valence-electron chi connectivity index (χ0n) is 7.01. The van der Waals surface area contributed by atoms with Gasteiger partial charge in [-0.15, -0.1) is 0 Å². The van der Waals surface area contributed by atoms with E-state index in [1.165, 1.54) is 4.42 Å². The molecular formula is C8H14ClNO. The van der Waals surface area contributed by atoms with Crippen molar-refractivity contribution >= 4 is 17.7 Å². The molecule has 0 aromatic rings. The Hall–Kier alpha value is -0.240. The summed E-state index contributed by atoms with van der Waals surface area (Å²) in [6.45, 7) is 3.93. The molecule has 1 fully saturated rings. The Morgan fingerprint density at radius 2 is 2.09 bits per heavy atom. The highest BCUT2D eigenvalue weighted by Gasteiger charge is 2.26. The van der Waals surface area contributed by atoms with Crippen LogP contribution in [-0.2, 0) is 4.79 Å². The quantitative estimate of drug-likeness (QED) is 0.517. The summed E-state index contributed by atoms with van der Waals surface area (Å²) in [4.78, 5) is 11.3. The normalized spacial score (nSPS) is 33.7. The van der Waals surface area contributed by atoms with Crippen LogP contribution in [0.5, 0.6) is 0 Å². The Morgan fingerprint density at radius 3 is 2.73 bits per heavy atom. The fourth-order valence-corrected chi connectivity index (χ4v) is 1.65. The first-order valence-electron chi connectivity index (χ1n) is 4.11. The first-order valence-corrected chi connectivity index (χ1v) is 4.45. The SMILES string of the molecule is C[C@@H]1CCC[C@@H](C)N(Cl)C1=O. The van der Waals surface area contributed by atoms with E-state index in [9.17, 15) is 4.79 Å². The van der Waals surface area contributed by atoms with Gasteiger partial charge >= 0.3 is 0 Å². The smallest absolute Gasteiger partial charge is 0.239 e. The third-order valence-electron chi connectivity index (χ3n) is 2.28. The minimum atomic E-state index is 0.0802. The highest BCUT2D eigenvalue weighted by atomic mass is 35.5. The zero-order valence-corrected chi connectivity index (χ0v) is 7.77. The van der Waals surface area contributed by atoms with Gasteiger partial charge in [-0.25, -0.2) is 0 Å². The van der Waals surface area contributed by atoms with Gasteiger partial charge < -0.3 is 0 Å². The molecule has 1 amide bonds. The van der Waals surface area contributed by atoms with Crippen LogP contribution in [0, 0.1) is 5.92 Å². The van der Waals surface area contributed by atoms with Gasteiger partial charge in [-0.1, -0.05) is 13.3 Å².